The molecule has 0 spiro atoms. The Hall–Kier alpha value is -2.04. The molecule has 0 unspecified atom stereocenters. The molecule has 0 saturated carbocycles. The number of aromatic nitrogens is 2. The average molecular weight is 234 g/mol. The summed E-state index contributed by atoms with van der Waals surface area (Å²) in [5.74, 6) is 0.883. The van der Waals surface area contributed by atoms with Gasteiger partial charge in [0.1, 0.15) is 11.5 Å². The van der Waals surface area contributed by atoms with Gasteiger partial charge in [0.05, 0.1) is 0 Å². The summed E-state index contributed by atoms with van der Waals surface area (Å²) in [7, 11) is 0. The average Bonchev–Trinajstić information content (AvgIpc) is 2.73. The molecule has 0 amide bonds. The van der Waals surface area contributed by atoms with Crippen molar-refractivity contribution in [2.75, 3.05) is 0 Å². The predicted octanol–water partition coefficient (Wildman–Crippen LogP) is 2.49. The molecule has 0 fully saturated rings. The number of hydrogen-bond donors (Lipinski definition) is 2. The molecule has 0 bridgehead atoms. The van der Waals surface area contributed by atoms with Gasteiger partial charge in [-0.25, -0.2) is 0 Å². The molecule has 90 valence electrons. The summed E-state index contributed by atoms with van der Waals surface area (Å²) in [6.07, 6.45) is 2.84. The standard InChI is InChI=1S/C12H14N2O3/c1-2-3-4-11-13-12(17-14-11)8-5-9(15)7-10(16)6-8/h5-7,15-16H,2-4H2,1H3. The molecule has 5 heteroatoms. The zero-order chi connectivity index (χ0) is 12.3. The van der Waals surface area contributed by atoms with Crippen LogP contribution in [0, 0.1) is 0 Å². The molecule has 2 N–H and O–H groups in total. The van der Waals surface area contributed by atoms with Crippen molar-refractivity contribution in [2.24, 2.45) is 0 Å². The minimum Gasteiger partial charge on any atom is -0.508 e. The number of hydrogen-bond acceptors (Lipinski definition) is 5. The lowest BCUT2D eigenvalue weighted by atomic mass is 10.2. The molecule has 0 aliphatic carbocycles. The van der Waals surface area contributed by atoms with E-state index in [0.717, 1.165) is 19.3 Å². The summed E-state index contributed by atoms with van der Waals surface area (Å²) >= 11 is 0. The lowest BCUT2D eigenvalue weighted by molar-refractivity contribution is 0.419. The fourth-order valence-corrected chi connectivity index (χ4v) is 1.53. The predicted molar refractivity (Wildman–Crippen MR) is 61.7 cm³/mol. The third-order valence-corrected chi connectivity index (χ3v) is 2.37. The maximum absolute atomic E-state index is 9.35. The number of benzene rings is 1. The summed E-state index contributed by atoms with van der Waals surface area (Å²) in [5.41, 5.74) is 0.512. The van der Waals surface area contributed by atoms with Crippen LogP contribution < -0.4 is 0 Å². The SMILES string of the molecule is CCCCc1noc(-c2cc(O)cc(O)c2)n1. The minimum atomic E-state index is -0.0340. The van der Waals surface area contributed by atoms with Gasteiger partial charge in [0.25, 0.3) is 5.89 Å². The van der Waals surface area contributed by atoms with Crippen LogP contribution in [0.25, 0.3) is 11.5 Å². The van der Waals surface area contributed by atoms with Gasteiger partial charge in [-0.1, -0.05) is 18.5 Å². The van der Waals surface area contributed by atoms with Crippen LogP contribution in [-0.2, 0) is 6.42 Å². The van der Waals surface area contributed by atoms with Crippen molar-refractivity contribution in [3.8, 4) is 23.0 Å². The summed E-state index contributed by atoms with van der Waals surface area (Å²) < 4.78 is 5.07. The fraction of sp³-hybridized carbons (Fsp3) is 0.333. The van der Waals surface area contributed by atoms with Crippen LogP contribution in [0.5, 0.6) is 11.5 Å². The highest BCUT2D eigenvalue weighted by Gasteiger charge is 2.10. The molecular formula is C12H14N2O3. The Morgan fingerprint density at radius 3 is 2.53 bits per heavy atom. The summed E-state index contributed by atoms with van der Waals surface area (Å²) in [6.45, 7) is 2.09. The Morgan fingerprint density at radius 2 is 1.88 bits per heavy atom. The van der Waals surface area contributed by atoms with E-state index >= 15 is 0 Å². The van der Waals surface area contributed by atoms with E-state index in [2.05, 4.69) is 17.1 Å². The van der Waals surface area contributed by atoms with Gasteiger partial charge in [0, 0.05) is 18.1 Å². The molecule has 1 aromatic heterocycles. The van der Waals surface area contributed by atoms with E-state index in [1.807, 2.05) is 0 Å². The second kappa shape index (κ2) is 4.86. The monoisotopic (exact) mass is 234 g/mol. The maximum Gasteiger partial charge on any atom is 0.258 e. The van der Waals surface area contributed by atoms with Crippen LogP contribution in [-0.4, -0.2) is 20.4 Å². The Labute approximate surface area is 98.7 Å². The van der Waals surface area contributed by atoms with Crippen LogP contribution in [0.15, 0.2) is 22.7 Å². The van der Waals surface area contributed by atoms with E-state index < -0.39 is 0 Å². The first-order valence-corrected chi connectivity index (χ1v) is 5.55. The van der Waals surface area contributed by atoms with Crippen molar-refractivity contribution in [1.82, 2.24) is 10.1 Å². The van der Waals surface area contributed by atoms with Crippen molar-refractivity contribution in [2.45, 2.75) is 26.2 Å². The van der Waals surface area contributed by atoms with Gasteiger partial charge in [-0.3, -0.25) is 0 Å². The van der Waals surface area contributed by atoms with E-state index in [1.54, 1.807) is 0 Å². The maximum atomic E-state index is 9.35. The minimum absolute atomic E-state index is 0.0340. The number of nitrogens with zero attached hydrogens (tertiary/aromatic N) is 2. The van der Waals surface area contributed by atoms with Crippen molar-refractivity contribution >= 4 is 0 Å². The van der Waals surface area contributed by atoms with Crippen LogP contribution >= 0.6 is 0 Å². The van der Waals surface area contributed by atoms with E-state index in [-0.39, 0.29) is 11.5 Å². The van der Waals surface area contributed by atoms with Gasteiger partial charge in [-0.15, -0.1) is 0 Å². The van der Waals surface area contributed by atoms with Gasteiger partial charge in [-0.2, -0.15) is 4.98 Å². The number of phenols is 2. The van der Waals surface area contributed by atoms with Crippen molar-refractivity contribution in [1.29, 1.82) is 0 Å². The molecule has 2 aromatic rings. The first kappa shape index (κ1) is 11.4. The van der Waals surface area contributed by atoms with Gasteiger partial charge < -0.3 is 14.7 Å². The molecule has 0 radical (unpaired) electrons. The smallest absolute Gasteiger partial charge is 0.258 e. The molecule has 1 heterocycles. The summed E-state index contributed by atoms with van der Waals surface area (Å²) in [6, 6.07) is 4.19. The molecule has 2 rings (SSSR count). The molecule has 0 saturated heterocycles. The van der Waals surface area contributed by atoms with Crippen molar-refractivity contribution in [3.05, 3.63) is 24.0 Å². The Balaban J connectivity index is 2.24. The third kappa shape index (κ3) is 2.75. The highest BCUT2D eigenvalue weighted by atomic mass is 16.5. The molecule has 0 aliphatic heterocycles. The second-order valence-corrected chi connectivity index (χ2v) is 3.86. The van der Waals surface area contributed by atoms with Crippen LogP contribution in [0.3, 0.4) is 0 Å². The molecular weight excluding hydrogens is 220 g/mol. The lowest BCUT2D eigenvalue weighted by Gasteiger charge is -1.97. The van der Waals surface area contributed by atoms with Gasteiger partial charge in [-0.05, 0) is 18.6 Å². The fourth-order valence-electron chi connectivity index (χ4n) is 1.53. The number of aryl methyl sites for hydroxylation is 1. The number of phenolic OH excluding ortho intramolecular Hbond substituents is 2. The molecule has 5 nitrogen and oxygen atoms in total. The first-order chi connectivity index (χ1) is 8.19. The quantitative estimate of drug-likeness (QED) is 0.849. The second-order valence-electron chi connectivity index (χ2n) is 3.86. The molecule has 1 aromatic carbocycles. The Morgan fingerprint density at radius 1 is 1.18 bits per heavy atom. The lowest BCUT2D eigenvalue weighted by Crippen LogP contribution is -1.87. The van der Waals surface area contributed by atoms with Gasteiger partial charge >= 0.3 is 0 Å². The van der Waals surface area contributed by atoms with Crippen molar-refractivity contribution < 1.29 is 14.7 Å². The van der Waals surface area contributed by atoms with E-state index in [0.29, 0.717) is 17.3 Å². The largest absolute Gasteiger partial charge is 0.508 e. The van der Waals surface area contributed by atoms with Crippen LogP contribution in [0.4, 0.5) is 0 Å². The summed E-state index contributed by atoms with van der Waals surface area (Å²) in [5, 5.41) is 22.5. The van der Waals surface area contributed by atoms with E-state index in [1.165, 1.54) is 18.2 Å². The molecule has 17 heavy (non-hydrogen) atoms. The highest BCUT2D eigenvalue weighted by Crippen LogP contribution is 2.27. The Kier molecular flexibility index (Phi) is 3.27. The number of unbranched alkanes of at least 4 members (excludes halogenated alkanes) is 1. The first-order valence-electron chi connectivity index (χ1n) is 5.55. The van der Waals surface area contributed by atoms with Crippen LogP contribution in [0.1, 0.15) is 25.6 Å². The number of aromatic hydroxyl groups is 2. The molecule has 0 atom stereocenters. The van der Waals surface area contributed by atoms with E-state index in [4.69, 9.17) is 4.52 Å². The van der Waals surface area contributed by atoms with Gasteiger partial charge in [0.15, 0.2) is 5.82 Å². The molecule has 0 aliphatic rings. The topological polar surface area (TPSA) is 79.4 Å². The van der Waals surface area contributed by atoms with Gasteiger partial charge in [0.2, 0.25) is 0 Å². The van der Waals surface area contributed by atoms with Crippen LogP contribution in [0.2, 0.25) is 0 Å². The zero-order valence-electron chi connectivity index (χ0n) is 9.55. The normalized spacial score (nSPS) is 10.6. The zero-order valence-corrected chi connectivity index (χ0v) is 9.55. The van der Waals surface area contributed by atoms with E-state index in [9.17, 15) is 10.2 Å². The van der Waals surface area contributed by atoms with Crippen molar-refractivity contribution in [3.63, 3.8) is 0 Å². The Bertz CT molecular complexity index is 488. The highest BCUT2D eigenvalue weighted by molar-refractivity contribution is 5.58. The third-order valence-electron chi connectivity index (χ3n) is 2.37. The number of rotatable bonds is 4. The summed E-state index contributed by atoms with van der Waals surface area (Å²) in [4.78, 5) is 4.20.